The van der Waals surface area contributed by atoms with Gasteiger partial charge in [-0.15, -0.1) is 0 Å². The monoisotopic (exact) mass is 589 g/mol. The van der Waals surface area contributed by atoms with Crippen LogP contribution in [0.5, 0.6) is 0 Å². The van der Waals surface area contributed by atoms with E-state index in [1.54, 1.807) is 5.57 Å². The van der Waals surface area contributed by atoms with Crippen LogP contribution in [0.25, 0.3) is 0 Å². The molecule has 0 aliphatic carbocycles. The van der Waals surface area contributed by atoms with Gasteiger partial charge in [-0.1, -0.05) is 245 Å². The second kappa shape index (κ2) is 36.9. The maximum absolute atomic E-state index is 4.58. The Kier molecular flexibility index (Phi) is 36.7. The van der Waals surface area contributed by atoms with Crippen molar-refractivity contribution in [2.45, 2.75) is 252 Å². The quantitative estimate of drug-likeness (QED) is 0.0500. The van der Waals surface area contributed by atoms with Gasteiger partial charge in [0.25, 0.3) is 0 Å². The van der Waals surface area contributed by atoms with E-state index in [-0.39, 0.29) is 0 Å². The van der Waals surface area contributed by atoms with Crippen LogP contribution < -0.4 is 0 Å². The van der Waals surface area contributed by atoms with Crippen LogP contribution in [0.1, 0.15) is 252 Å². The van der Waals surface area contributed by atoms with Gasteiger partial charge in [0.1, 0.15) is 0 Å². The van der Waals surface area contributed by atoms with Gasteiger partial charge in [-0.2, -0.15) is 0 Å². The van der Waals surface area contributed by atoms with E-state index in [0.717, 1.165) is 5.92 Å². The van der Waals surface area contributed by atoms with Gasteiger partial charge in [0.05, 0.1) is 0 Å². The summed E-state index contributed by atoms with van der Waals surface area (Å²) in [5.74, 6) is 0.915. The Morgan fingerprint density at radius 3 is 0.857 bits per heavy atom. The third-order valence-corrected chi connectivity index (χ3v) is 9.89. The van der Waals surface area contributed by atoms with Gasteiger partial charge in [-0.05, 0) is 25.2 Å². The predicted molar refractivity (Wildman–Crippen MR) is 196 cm³/mol. The smallest absolute Gasteiger partial charge is 0.0294 e. The molecule has 0 aliphatic heterocycles. The van der Waals surface area contributed by atoms with Crippen LogP contribution in [0.3, 0.4) is 0 Å². The first kappa shape index (κ1) is 41.7. The average molecular weight is 589 g/mol. The molecule has 0 spiro atoms. The van der Waals surface area contributed by atoms with Crippen molar-refractivity contribution in [2.24, 2.45) is 5.92 Å². The number of rotatable bonds is 37. The van der Waals surface area contributed by atoms with Gasteiger partial charge in [-0.3, -0.25) is 0 Å². The lowest BCUT2D eigenvalue weighted by Crippen LogP contribution is -2.03. The highest BCUT2D eigenvalue weighted by atomic mass is 14.2. The lowest BCUT2D eigenvalue weighted by Gasteiger charge is -2.19. The molecule has 0 aromatic heterocycles. The standard InChI is InChI=1S/C42H84/c1-5-8-11-14-17-20-23-24-27-30-33-36-39-42(38-35-32-29-26-22-19-16-13-10-7-3)40-41(4)37-34-31-28-25-21-18-15-12-9-6-2/h42H,4-40H2,1-3H3. The molecule has 42 heavy (non-hydrogen) atoms. The van der Waals surface area contributed by atoms with E-state index < -0.39 is 0 Å². The molecule has 0 heterocycles. The maximum Gasteiger partial charge on any atom is -0.0294 e. The molecule has 0 heteroatoms. The molecule has 0 aromatic rings. The van der Waals surface area contributed by atoms with Gasteiger partial charge in [0.2, 0.25) is 0 Å². The summed E-state index contributed by atoms with van der Waals surface area (Å²) in [6, 6.07) is 0. The van der Waals surface area contributed by atoms with E-state index in [2.05, 4.69) is 27.4 Å². The van der Waals surface area contributed by atoms with Crippen LogP contribution in [0, 0.1) is 5.92 Å². The predicted octanol–water partition coefficient (Wildman–Crippen LogP) is 16.3. The van der Waals surface area contributed by atoms with Gasteiger partial charge < -0.3 is 0 Å². The lowest BCUT2D eigenvalue weighted by atomic mass is 9.87. The van der Waals surface area contributed by atoms with Crippen LogP contribution >= 0.6 is 0 Å². The summed E-state index contributed by atoms with van der Waals surface area (Å²) in [7, 11) is 0. The first-order valence-corrected chi connectivity index (χ1v) is 20.4. The van der Waals surface area contributed by atoms with E-state index in [9.17, 15) is 0 Å². The molecule has 0 aliphatic rings. The van der Waals surface area contributed by atoms with Crippen LogP contribution in [0.2, 0.25) is 0 Å². The van der Waals surface area contributed by atoms with Crippen LogP contribution in [-0.4, -0.2) is 0 Å². The van der Waals surface area contributed by atoms with E-state index >= 15 is 0 Å². The molecule has 0 saturated carbocycles. The topological polar surface area (TPSA) is 0 Å². The SMILES string of the molecule is C=C(CCCCCCCCCCCC)CC(CCCCCCCCCCCC)CCCCCCCCCCCCCC. The van der Waals surface area contributed by atoms with Crippen molar-refractivity contribution in [2.75, 3.05) is 0 Å². The Morgan fingerprint density at radius 2 is 0.571 bits per heavy atom. The van der Waals surface area contributed by atoms with E-state index in [1.807, 2.05) is 0 Å². The fourth-order valence-corrected chi connectivity index (χ4v) is 6.92. The Hall–Kier alpha value is -0.260. The summed E-state index contributed by atoms with van der Waals surface area (Å²) in [5, 5.41) is 0. The summed E-state index contributed by atoms with van der Waals surface area (Å²) in [6.07, 6.45) is 52.0. The second-order valence-electron chi connectivity index (χ2n) is 14.4. The molecule has 0 saturated heterocycles. The number of allylic oxidation sites excluding steroid dienone is 1. The lowest BCUT2D eigenvalue weighted by molar-refractivity contribution is 0.395. The highest BCUT2D eigenvalue weighted by Gasteiger charge is 2.11. The molecular formula is C42H84. The molecule has 1 atom stereocenters. The van der Waals surface area contributed by atoms with Crippen LogP contribution in [-0.2, 0) is 0 Å². The molecule has 0 rings (SSSR count). The van der Waals surface area contributed by atoms with Gasteiger partial charge in [-0.25, -0.2) is 0 Å². The summed E-state index contributed by atoms with van der Waals surface area (Å²) >= 11 is 0. The zero-order chi connectivity index (χ0) is 30.6. The van der Waals surface area contributed by atoms with Crippen molar-refractivity contribution in [1.82, 2.24) is 0 Å². The Morgan fingerprint density at radius 1 is 0.333 bits per heavy atom. The third-order valence-electron chi connectivity index (χ3n) is 9.89. The Bertz CT molecular complexity index is 490. The van der Waals surface area contributed by atoms with Crippen molar-refractivity contribution >= 4 is 0 Å². The number of hydrogen-bond acceptors (Lipinski definition) is 0. The van der Waals surface area contributed by atoms with Crippen molar-refractivity contribution in [3.8, 4) is 0 Å². The molecule has 0 amide bonds. The normalized spacial score (nSPS) is 12.3. The third kappa shape index (κ3) is 34.2. The zero-order valence-electron chi connectivity index (χ0n) is 30.2. The van der Waals surface area contributed by atoms with Crippen LogP contribution in [0.15, 0.2) is 12.2 Å². The molecule has 1 unspecified atom stereocenters. The minimum absolute atomic E-state index is 0.915. The first-order valence-electron chi connectivity index (χ1n) is 20.4. The van der Waals surface area contributed by atoms with Gasteiger partial charge >= 0.3 is 0 Å². The molecule has 0 nitrogen and oxygen atoms in total. The molecule has 252 valence electrons. The minimum atomic E-state index is 0.915. The van der Waals surface area contributed by atoms with E-state index in [4.69, 9.17) is 0 Å². The van der Waals surface area contributed by atoms with Crippen LogP contribution in [0.4, 0.5) is 0 Å². The molecule has 0 N–H and O–H groups in total. The second-order valence-corrected chi connectivity index (χ2v) is 14.4. The summed E-state index contributed by atoms with van der Waals surface area (Å²) in [6.45, 7) is 11.5. The minimum Gasteiger partial charge on any atom is -0.0999 e. The largest absolute Gasteiger partial charge is 0.0999 e. The van der Waals surface area contributed by atoms with Gasteiger partial charge in [0, 0.05) is 0 Å². The summed E-state index contributed by atoms with van der Waals surface area (Å²) in [5.41, 5.74) is 1.57. The highest BCUT2D eigenvalue weighted by molar-refractivity contribution is 4.95. The zero-order valence-corrected chi connectivity index (χ0v) is 30.2. The highest BCUT2D eigenvalue weighted by Crippen LogP contribution is 2.27. The molecule has 0 bridgehead atoms. The molecule has 0 aromatic carbocycles. The summed E-state index contributed by atoms with van der Waals surface area (Å²) < 4.78 is 0. The van der Waals surface area contributed by atoms with E-state index in [1.165, 1.54) is 231 Å². The number of hydrogen-bond donors (Lipinski definition) is 0. The van der Waals surface area contributed by atoms with Gasteiger partial charge in [0.15, 0.2) is 0 Å². The fraction of sp³-hybridized carbons (Fsp3) is 0.952. The van der Waals surface area contributed by atoms with Crippen molar-refractivity contribution in [3.05, 3.63) is 12.2 Å². The number of unbranched alkanes of at least 4 members (excludes halogenated alkanes) is 29. The Balaban J connectivity index is 4.04. The van der Waals surface area contributed by atoms with Crippen molar-refractivity contribution < 1.29 is 0 Å². The van der Waals surface area contributed by atoms with Crippen molar-refractivity contribution in [3.63, 3.8) is 0 Å². The Labute approximate surface area is 269 Å². The average Bonchev–Trinajstić information content (AvgIpc) is 2.99. The fourth-order valence-electron chi connectivity index (χ4n) is 6.92. The van der Waals surface area contributed by atoms with E-state index in [0.29, 0.717) is 0 Å². The molecule has 0 fully saturated rings. The first-order chi connectivity index (χ1) is 20.7. The van der Waals surface area contributed by atoms with Crippen molar-refractivity contribution in [1.29, 1.82) is 0 Å². The maximum atomic E-state index is 4.58. The summed E-state index contributed by atoms with van der Waals surface area (Å²) in [4.78, 5) is 0. The molecular weight excluding hydrogens is 504 g/mol. The molecule has 0 radical (unpaired) electrons.